The number of nitrogens with zero attached hydrogens (tertiary/aromatic N) is 2. The fraction of sp³-hybridized carbons (Fsp3) is 0.633. The van der Waals surface area contributed by atoms with Crippen LogP contribution in [0.3, 0.4) is 0 Å². The molecule has 2 rings (SSSR count). The first-order valence-electron chi connectivity index (χ1n) is 13.9. The second kappa shape index (κ2) is 14.7. The number of nitrogens with one attached hydrogen (secondary N) is 2. The largest absolute Gasteiger partial charge is 0.348 e. The number of likely N-dealkylation sites (tertiary alicyclic amines) is 1. The van der Waals surface area contributed by atoms with Gasteiger partial charge in [0.15, 0.2) is 0 Å². The molecule has 2 N–H and O–H groups in total. The number of halogens is 1. The first kappa shape index (κ1) is 31.8. The Kier molecular flexibility index (Phi) is 12.3. The lowest BCUT2D eigenvalue weighted by molar-refractivity contribution is -0.140. The van der Waals surface area contributed by atoms with E-state index in [-0.39, 0.29) is 47.7 Å². The Morgan fingerprint density at radius 3 is 2.24 bits per heavy atom. The fourth-order valence-electron chi connectivity index (χ4n) is 4.99. The van der Waals surface area contributed by atoms with Crippen molar-refractivity contribution in [3.05, 3.63) is 46.5 Å². The summed E-state index contributed by atoms with van der Waals surface area (Å²) in [5.41, 5.74) is 1.49. The van der Waals surface area contributed by atoms with Gasteiger partial charge in [-0.05, 0) is 69.7 Å². The Hall–Kier alpha value is -2.38. The highest BCUT2D eigenvalue weighted by Gasteiger charge is 2.36. The zero-order valence-corrected chi connectivity index (χ0v) is 25.1. The fourth-order valence-corrected chi connectivity index (χ4v) is 5.12. The summed E-state index contributed by atoms with van der Waals surface area (Å²) in [4.78, 5) is 43.8. The van der Waals surface area contributed by atoms with E-state index in [2.05, 4.69) is 29.4 Å². The number of piperidine rings is 1. The number of carbonyl (C=O) groups excluding carboxylic acids is 3. The molecule has 1 fully saturated rings. The maximum Gasteiger partial charge on any atom is 0.246 e. The van der Waals surface area contributed by atoms with Crippen molar-refractivity contribution in [1.29, 1.82) is 0 Å². The zero-order chi connectivity index (χ0) is 28.6. The van der Waals surface area contributed by atoms with Crippen LogP contribution in [0.25, 0.3) is 0 Å². The van der Waals surface area contributed by atoms with Crippen LogP contribution in [0.5, 0.6) is 0 Å². The number of rotatable bonds is 11. The molecule has 3 atom stereocenters. The number of likely N-dealkylation sites (N-methyl/N-ethyl adjacent to an activating group) is 1. The van der Waals surface area contributed by atoms with Crippen molar-refractivity contribution in [2.24, 2.45) is 11.8 Å². The number of amides is 3. The SMILES string of the molecule is C/C(=C\[C@H](C(C)C)N(C)C(=O)C(NC(=O)C1CCCCN1C(C)C)C(C)C)C(=O)NCc1ccc(Cl)cc1. The van der Waals surface area contributed by atoms with Crippen LogP contribution < -0.4 is 10.6 Å². The average Bonchev–Trinajstić information content (AvgIpc) is 2.88. The van der Waals surface area contributed by atoms with Crippen LogP contribution in [-0.2, 0) is 20.9 Å². The van der Waals surface area contributed by atoms with E-state index < -0.39 is 6.04 Å². The van der Waals surface area contributed by atoms with Gasteiger partial charge in [0.2, 0.25) is 17.7 Å². The van der Waals surface area contributed by atoms with Crippen molar-refractivity contribution in [2.45, 2.75) is 98.4 Å². The van der Waals surface area contributed by atoms with Crippen LogP contribution in [0.4, 0.5) is 0 Å². The van der Waals surface area contributed by atoms with E-state index in [9.17, 15) is 14.4 Å². The molecule has 212 valence electrons. The number of benzene rings is 1. The topological polar surface area (TPSA) is 81.8 Å². The van der Waals surface area contributed by atoms with Gasteiger partial charge in [-0.2, -0.15) is 0 Å². The van der Waals surface area contributed by atoms with Crippen molar-refractivity contribution in [1.82, 2.24) is 20.4 Å². The molecule has 0 aliphatic carbocycles. The lowest BCUT2D eigenvalue weighted by Gasteiger charge is -2.39. The van der Waals surface area contributed by atoms with Gasteiger partial charge in [0.05, 0.1) is 12.1 Å². The van der Waals surface area contributed by atoms with Crippen LogP contribution in [-0.4, -0.2) is 65.3 Å². The van der Waals surface area contributed by atoms with Gasteiger partial charge < -0.3 is 15.5 Å². The van der Waals surface area contributed by atoms with Gasteiger partial charge in [0.1, 0.15) is 6.04 Å². The van der Waals surface area contributed by atoms with Crippen molar-refractivity contribution < 1.29 is 14.4 Å². The van der Waals surface area contributed by atoms with Crippen LogP contribution in [0.15, 0.2) is 35.9 Å². The Labute approximate surface area is 234 Å². The number of hydrogen-bond acceptors (Lipinski definition) is 4. The van der Waals surface area contributed by atoms with Crippen molar-refractivity contribution in [3.63, 3.8) is 0 Å². The minimum atomic E-state index is -0.642. The van der Waals surface area contributed by atoms with E-state index in [0.29, 0.717) is 17.1 Å². The lowest BCUT2D eigenvalue weighted by Crippen LogP contribution is -2.58. The molecule has 0 aromatic heterocycles. The number of carbonyl (C=O) groups is 3. The molecular formula is C30H47ClN4O3. The summed E-state index contributed by atoms with van der Waals surface area (Å²) in [5, 5.41) is 6.66. The van der Waals surface area contributed by atoms with E-state index in [0.717, 1.165) is 31.4 Å². The van der Waals surface area contributed by atoms with Crippen LogP contribution in [0, 0.1) is 11.8 Å². The molecule has 0 radical (unpaired) electrons. The van der Waals surface area contributed by atoms with Crippen molar-refractivity contribution in [3.8, 4) is 0 Å². The number of hydrogen-bond donors (Lipinski definition) is 2. The summed E-state index contributed by atoms with van der Waals surface area (Å²) >= 11 is 5.94. The molecule has 0 bridgehead atoms. The smallest absolute Gasteiger partial charge is 0.246 e. The first-order valence-corrected chi connectivity index (χ1v) is 14.2. The summed E-state index contributed by atoms with van der Waals surface area (Å²) < 4.78 is 0. The second-order valence-electron chi connectivity index (χ2n) is 11.4. The van der Waals surface area contributed by atoms with E-state index in [4.69, 9.17) is 11.6 Å². The molecule has 0 saturated carbocycles. The third-order valence-electron chi connectivity index (χ3n) is 7.36. The lowest BCUT2D eigenvalue weighted by atomic mass is 9.95. The summed E-state index contributed by atoms with van der Waals surface area (Å²) in [5.74, 6) is -0.420. The Bertz CT molecular complexity index is 974. The zero-order valence-electron chi connectivity index (χ0n) is 24.4. The van der Waals surface area contributed by atoms with Gasteiger partial charge in [0, 0.05) is 30.2 Å². The van der Waals surface area contributed by atoms with Crippen molar-refractivity contribution in [2.75, 3.05) is 13.6 Å². The van der Waals surface area contributed by atoms with Gasteiger partial charge in [0.25, 0.3) is 0 Å². The standard InChI is InChI=1S/C30H47ClN4O3/c1-19(2)26(17-22(7)28(36)32-18-23-12-14-24(31)15-13-23)34(8)30(38)27(20(3)4)33-29(37)25-11-9-10-16-35(25)21(5)6/h12-15,17,19-21,25-27H,9-11,16,18H2,1-8H3,(H,32,36)(H,33,37)/b22-17+/t25?,26-,27?/m1/s1. The highest BCUT2D eigenvalue weighted by molar-refractivity contribution is 6.30. The van der Waals surface area contributed by atoms with E-state index in [1.165, 1.54) is 0 Å². The Balaban J connectivity index is 2.13. The predicted molar refractivity (Wildman–Crippen MR) is 155 cm³/mol. The van der Waals surface area contributed by atoms with Gasteiger partial charge in [-0.25, -0.2) is 0 Å². The van der Waals surface area contributed by atoms with Crippen LogP contribution in [0.1, 0.15) is 73.3 Å². The first-order chi connectivity index (χ1) is 17.8. The summed E-state index contributed by atoms with van der Waals surface area (Å²) in [7, 11) is 1.75. The van der Waals surface area contributed by atoms with Crippen LogP contribution >= 0.6 is 11.6 Å². The molecule has 2 unspecified atom stereocenters. The second-order valence-corrected chi connectivity index (χ2v) is 11.9. The van der Waals surface area contributed by atoms with Gasteiger partial charge in [-0.3, -0.25) is 19.3 Å². The molecule has 8 heteroatoms. The Morgan fingerprint density at radius 2 is 1.68 bits per heavy atom. The van der Waals surface area contributed by atoms with E-state index in [1.807, 2.05) is 45.9 Å². The molecule has 1 aromatic carbocycles. The summed E-state index contributed by atoms with van der Waals surface area (Å²) in [6.45, 7) is 15.2. The maximum atomic E-state index is 13.7. The normalized spacial score (nSPS) is 18.4. The minimum absolute atomic E-state index is 0.0706. The monoisotopic (exact) mass is 546 g/mol. The molecule has 1 heterocycles. The molecule has 1 aliphatic rings. The highest BCUT2D eigenvalue weighted by atomic mass is 35.5. The van der Waals surface area contributed by atoms with Gasteiger partial charge in [-0.15, -0.1) is 0 Å². The van der Waals surface area contributed by atoms with Gasteiger partial charge in [-0.1, -0.05) is 63.9 Å². The van der Waals surface area contributed by atoms with E-state index in [1.54, 1.807) is 31.0 Å². The third kappa shape index (κ3) is 8.84. The minimum Gasteiger partial charge on any atom is -0.348 e. The quantitative estimate of drug-likeness (QED) is 0.391. The maximum absolute atomic E-state index is 13.7. The summed E-state index contributed by atoms with van der Waals surface area (Å²) in [6, 6.07) is 6.44. The molecule has 1 saturated heterocycles. The van der Waals surface area contributed by atoms with Gasteiger partial charge >= 0.3 is 0 Å². The predicted octanol–water partition coefficient (Wildman–Crippen LogP) is 4.79. The molecule has 1 aromatic rings. The van der Waals surface area contributed by atoms with E-state index >= 15 is 0 Å². The third-order valence-corrected chi connectivity index (χ3v) is 7.62. The molecule has 7 nitrogen and oxygen atoms in total. The average molecular weight is 547 g/mol. The molecule has 1 aliphatic heterocycles. The molecule has 38 heavy (non-hydrogen) atoms. The molecular weight excluding hydrogens is 500 g/mol. The highest BCUT2D eigenvalue weighted by Crippen LogP contribution is 2.21. The van der Waals surface area contributed by atoms with Crippen molar-refractivity contribution >= 4 is 29.3 Å². The molecule has 3 amide bonds. The summed E-state index contributed by atoms with van der Waals surface area (Å²) in [6.07, 6.45) is 4.76. The molecule has 0 spiro atoms. The Morgan fingerprint density at radius 1 is 1.05 bits per heavy atom. The van der Waals surface area contributed by atoms with Crippen LogP contribution in [0.2, 0.25) is 5.02 Å².